The summed E-state index contributed by atoms with van der Waals surface area (Å²) < 4.78 is 1.01. The normalized spacial score (nSPS) is 12.2. The maximum absolute atomic E-state index is 11.7. The van der Waals surface area contributed by atoms with Gasteiger partial charge in [0, 0.05) is 17.1 Å². The van der Waals surface area contributed by atoms with Crippen LogP contribution in [-0.2, 0) is 11.2 Å². The van der Waals surface area contributed by atoms with Gasteiger partial charge in [-0.15, -0.1) is 0 Å². The Morgan fingerprint density at radius 1 is 1.41 bits per heavy atom. The minimum absolute atomic E-state index is 0.0257. The lowest BCUT2D eigenvalue weighted by molar-refractivity contribution is -0.121. The Morgan fingerprint density at radius 3 is 2.65 bits per heavy atom. The van der Waals surface area contributed by atoms with Gasteiger partial charge in [0.2, 0.25) is 5.91 Å². The van der Waals surface area contributed by atoms with Gasteiger partial charge in [-0.3, -0.25) is 4.79 Å². The van der Waals surface area contributed by atoms with E-state index < -0.39 is 0 Å². The van der Waals surface area contributed by atoms with Crippen LogP contribution >= 0.6 is 15.9 Å². The molecule has 0 aliphatic carbocycles. The van der Waals surface area contributed by atoms with Crippen LogP contribution in [0.25, 0.3) is 0 Å². The number of carbonyl (C=O) groups excluding carboxylic acids is 1. The van der Waals surface area contributed by atoms with Gasteiger partial charge in [0.05, 0.1) is 6.42 Å². The molecule has 0 aromatic heterocycles. The Morgan fingerprint density at radius 2 is 2.06 bits per heavy atom. The first kappa shape index (κ1) is 14.2. The molecule has 0 spiro atoms. The number of aliphatic hydroxyl groups excluding tert-OH is 1. The van der Waals surface area contributed by atoms with Gasteiger partial charge in [-0.25, -0.2) is 0 Å². The molecule has 1 amide bonds. The summed E-state index contributed by atoms with van der Waals surface area (Å²) in [7, 11) is 0. The van der Waals surface area contributed by atoms with E-state index in [1.807, 2.05) is 31.2 Å². The maximum atomic E-state index is 11.7. The minimum atomic E-state index is 0.0257. The van der Waals surface area contributed by atoms with E-state index in [1.54, 1.807) is 0 Å². The lowest BCUT2D eigenvalue weighted by atomic mass is 10.1. The van der Waals surface area contributed by atoms with Crippen LogP contribution in [0.4, 0.5) is 0 Å². The number of carbonyl (C=O) groups is 1. The van der Waals surface area contributed by atoms with E-state index in [2.05, 4.69) is 21.2 Å². The van der Waals surface area contributed by atoms with Crippen molar-refractivity contribution < 1.29 is 9.90 Å². The van der Waals surface area contributed by atoms with Crippen LogP contribution in [0.2, 0.25) is 0 Å². The zero-order valence-electron chi connectivity index (χ0n) is 9.95. The predicted molar refractivity (Wildman–Crippen MR) is 71.8 cm³/mol. The topological polar surface area (TPSA) is 49.3 Å². The smallest absolute Gasteiger partial charge is 0.224 e. The summed E-state index contributed by atoms with van der Waals surface area (Å²) in [5, 5.41) is 11.6. The van der Waals surface area contributed by atoms with Crippen molar-refractivity contribution in [2.45, 2.75) is 32.2 Å². The third-order valence-corrected chi connectivity index (χ3v) is 3.01. The summed E-state index contributed by atoms with van der Waals surface area (Å²) in [6, 6.07) is 7.84. The molecule has 17 heavy (non-hydrogen) atoms. The van der Waals surface area contributed by atoms with Gasteiger partial charge in [-0.05, 0) is 37.5 Å². The minimum Gasteiger partial charge on any atom is -0.396 e. The molecule has 3 nitrogen and oxygen atoms in total. The molecule has 0 heterocycles. The first-order chi connectivity index (χ1) is 8.11. The number of aliphatic hydroxyl groups is 1. The van der Waals surface area contributed by atoms with Gasteiger partial charge in [0.1, 0.15) is 0 Å². The van der Waals surface area contributed by atoms with Crippen LogP contribution in [0.5, 0.6) is 0 Å². The van der Waals surface area contributed by atoms with E-state index in [0.717, 1.165) is 22.9 Å². The largest absolute Gasteiger partial charge is 0.396 e. The molecule has 1 rings (SSSR count). The van der Waals surface area contributed by atoms with Crippen LogP contribution in [0.15, 0.2) is 28.7 Å². The summed E-state index contributed by atoms with van der Waals surface area (Å²) in [6.07, 6.45) is 1.93. The molecule has 1 unspecified atom stereocenters. The fourth-order valence-corrected chi connectivity index (χ4v) is 1.85. The van der Waals surface area contributed by atoms with E-state index in [-0.39, 0.29) is 18.6 Å². The summed E-state index contributed by atoms with van der Waals surface area (Å²) >= 11 is 3.36. The van der Waals surface area contributed by atoms with Crippen LogP contribution < -0.4 is 5.32 Å². The highest BCUT2D eigenvalue weighted by Crippen LogP contribution is 2.10. The SMILES string of the molecule is CC(CCCO)NC(=O)Cc1ccc(Br)cc1. The molecule has 0 radical (unpaired) electrons. The molecular weight excluding hydrogens is 282 g/mol. The molecule has 4 heteroatoms. The molecule has 2 N–H and O–H groups in total. The number of nitrogens with one attached hydrogen (secondary N) is 1. The van der Waals surface area contributed by atoms with Crippen molar-refractivity contribution in [2.24, 2.45) is 0 Å². The molecular formula is C13H18BrNO2. The van der Waals surface area contributed by atoms with Crippen LogP contribution in [-0.4, -0.2) is 23.7 Å². The highest BCUT2D eigenvalue weighted by molar-refractivity contribution is 9.10. The van der Waals surface area contributed by atoms with Crippen molar-refractivity contribution >= 4 is 21.8 Å². The van der Waals surface area contributed by atoms with Gasteiger partial charge in [-0.1, -0.05) is 28.1 Å². The van der Waals surface area contributed by atoms with E-state index in [1.165, 1.54) is 0 Å². The monoisotopic (exact) mass is 299 g/mol. The second kappa shape index (κ2) is 7.45. The van der Waals surface area contributed by atoms with Crippen molar-refractivity contribution in [3.05, 3.63) is 34.3 Å². The molecule has 0 saturated carbocycles. The number of hydrogen-bond donors (Lipinski definition) is 2. The number of rotatable bonds is 6. The standard InChI is InChI=1S/C13H18BrNO2/c1-10(3-2-8-16)15-13(17)9-11-4-6-12(14)7-5-11/h4-7,10,16H,2-3,8-9H2,1H3,(H,15,17). The molecule has 1 aromatic rings. The highest BCUT2D eigenvalue weighted by atomic mass is 79.9. The van der Waals surface area contributed by atoms with Gasteiger partial charge in [0.15, 0.2) is 0 Å². The van der Waals surface area contributed by atoms with Crippen LogP contribution in [0, 0.1) is 0 Å². The molecule has 0 aliphatic heterocycles. The van der Waals surface area contributed by atoms with Crippen molar-refractivity contribution in [3.8, 4) is 0 Å². The Balaban J connectivity index is 2.36. The van der Waals surface area contributed by atoms with Crippen molar-refractivity contribution in [1.82, 2.24) is 5.32 Å². The summed E-state index contributed by atoms with van der Waals surface area (Å²) in [5.74, 6) is 0.0257. The molecule has 1 atom stereocenters. The molecule has 0 bridgehead atoms. The molecule has 1 aromatic carbocycles. The third kappa shape index (κ3) is 5.84. The quantitative estimate of drug-likeness (QED) is 0.846. The van der Waals surface area contributed by atoms with Gasteiger partial charge in [0.25, 0.3) is 0 Å². The molecule has 0 saturated heterocycles. The number of halogens is 1. The second-order valence-electron chi connectivity index (χ2n) is 4.14. The molecule has 94 valence electrons. The summed E-state index contributed by atoms with van der Waals surface area (Å²) in [4.78, 5) is 11.7. The first-order valence-corrected chi connectivity index (χ1v) is 6.56. The zero-order chi connectivity index (χ0) is 12.7. The van der Waals surface area contributed by atoms with Crippen molar-refractivity contribution in [2.75, 3.05) is 6.61 Å². The van der Waals surface area contributed by atoms with Gasteiger partial charge >= 0.3 is 0 Å². The third-order valence-electron chi connectivity index (χ3n) is 2.48. The summed E-state index contributed by atoms with van der Waals surface area (Å²) in [6.45, 7) is 2.13. The van der Waals surface area contributed by atoms with Crippen LogP contribution in [0.1, 0.15) is 25.3 Å². The van der Waals surface area contributed by atoms with Crippen LogP contribution in [0.3, 0.4) is 0 Å². The fraction of sp³-hybridized carbons (Fsp3) is 0.462. The number of amides is 1. The Labute approximate surface area is 110 Å². The van der Waals surface area contributed by atoms with E-state index in [9.17, 15) is 4.79 Å². The predicted octanol–water partition coefficient (Wildman–Crippen LogP) is 2.27. The van der Waals surface area contributed by atoms with Crippen molar-refractivity contribution in [3.63, 3.8) is 0 Å². The lowest BCUT2D eigenvalue weighted by Gasteiger charge is -2.13. The lowest BCUT2D eigenvalue weighted by Crippen LogP contribution is -2.33. The maximum Gasteiger partial charge on any atom is 0.224 e. The van der Waals surface area contributed by atoms with E-state index in [4.69, 9.17) is 5.11 Å². The van der Waals surface area contributed by atoms with Gasteiger partial charge in [-0.2, -0.15) is 0 Å². The number of hydrogen-bond acceptors (Lipinski definition) is 2. The first-order valence-electron chi connectivity index (χ1n) is 5.76. The van der Waals surface area contributed by atoms with E-state index >= 15 is 0 Å². The average Bonchev–Trinajstić information content (AvgIpc) is 2.29. The highest BCUT2D eigenvalue weighted by Gasteiger charge is 2.07. The zero-order valence-corrected chi connectivity index (χ0v) is 11.5. The van der Waals surface area contributed by atoms with Gasteiger partial charge < -0.3 is 10.4 Å². The fourth-order valence-electron chi connectivity index (χ4n) is 1.58. The molecule has 0 fully saturated rings. The summed E-state index contributed by atoms with van der Waals surface area (Å²) in [5.41, 5.74) is 1.00. The number of benzene rings is 1. The Bertz CT molecular complexity index is 351. The Kier molecular flexibility index (Phi) is 6.22. The Hall–Kier alpha value is -0.870. The van der Waals surface area contributed by atoms with Crippen molar-refractivity contribution in [1.29, 1.82) is 0 Å². The second-order valence-corrected chi connectivity index (χ2v) is 5.05. The molecule has 0 aliphatic rings. The van der Waals surface area contributed by atoms with E-state index in [0.29, 0.717) is 6.42 Å². The average molecular weight is 300 g/mol.